The van der Waals surface area contributed by atoms with Gasteiger partial charge >= 0.3 is 0 Å². The van der Waals surface area contributed by atoms with E-state index in [9.17, 15) is 0 Å². The smallest absolute Gasteiger partial charge is 0.225 e. The Bertz CT molecular complexity index is 375. The Hall–Kier alpha value is -1.43. The third-order valence-corrected chi connectivity index (χ3v) is 3.33. The molecule has 98 valence electrons. The second-order valence-electron chi connectivity index (χ2n) is 4.25. The molecule has 6 heteroatoms. The molecule has 0 radical (unpaired) electrons. The van der Waals surface area contributed by atoms with Crippen LogP contribution in [-0.4, -0.2) is 52.7 Å². The van der Waals surface area contributed by atoms with Gasteiger partial charge in [0.1, 0.15) is 0 Å². The van der Waals surface area contributed by atoms with E-state index >= 15 is 0 Å². The molecule has 1 fully saturated rings. The van der Waals surface area contributed by atoms with Crippen molar-refractivity contribution in [1.82, 2.24) is 20.2 Å². The SMILES string of the molecule is CCCNC(=S)N1CCN(c2ncccn2)CC1. The molecule has 2 heterocycles. The number of anilines is 1. The third kappa shape index (κ3) is 3.29. The van der Waals surface area contributed by atoms with Gasteiger partial charge in [0.15, 0.2) is 5.11 Å². The quantitative estimate of drug-likeness (QED) is 0.819. The van der Waals surface area contributed by atoms with Crippen molar-refractivity contribution >= 4 is 23.3 Å². The molecule has 0 atom stereocenters. The minimum atomic E-state index is 0.810. The van der Waals surface area contributed by atoms with E-state index in [1.165, 1.54) is 0 Å². The molecular formula is C12H19N5S. The van der Waals surface area contributed by atoms with Crippen LogP contribution in [0.2, 0.25) is 0 Å². The average molecular weight is 265 g/mol. The minimum absolute atomic E-state index is 0.810. The first-order valence-corrected chi connectivity index (χ1v) is 6.77. The summed E-state index contributed by atoms with van der Waals surface area (Å²) in [7, 11) is 0. The highest BCUT2D eigenvalue weighted by molar-refractivity contribution is 7.80. The Morgan fingerprint density at radius 1 is 1.28 bits per heavy atom. The van der Waals surface area contributed by atoms with E-state index in [0.29, 0.717) is 0 Å². The van der Waals surface area contributed by atoms with Crippen molar-refractivity contribution < 1.29 is 0 Å². The summed E-state index contributed by atoms with van der Waals surface area (Å²) in [5, 5.41) is 4.13. The van der Waals surface area contributed by atoms with E-state index in [0.717, 1.165) is 50.2 Å². The molecule has 0 saturated carbocycles. The van der Waals surface area contributed by atoms with Crippen LogP contribution in [0.15, 0.2) is 18.5 Å². The van der Waals surface area contributed by atoms with Gasteiger partial charge in [-0.05, 0) is 24.7 Å². The lowest BCUT2D eigenvalue weighted by Gasteiger charge is -2.36. The van der Waals surface area contributed by atoms with Crippen LogP contribution >= 0.6 is 12.2 Å². The van der Waals surface area contributed by atoms with Crippen LogP contribution in [0, 0.1) is 0 Å². The van der Waals surface area contributed by atoms with E-state index in [1.807, 2.05) is 6.07 Å². The summed E-state index contributed by atoms with van der Waals surface area (Å²) < 4.78 is 0. The fraction of sp³-hybridized carbons (Fsp3) is 0.583. The lowest BCUT2D eigenvalue weighted by atomic mass is 10.3. The van der Waals surface area contributed by atoms with Crippen molar-refractivity contribution in [2.24, 2.45) is 0 Å². The first-order chi connectivity index (χ1) is 8.81. The number of aromatic nitrogens is 2. The van der Waals surface area contributed by atoms with Crippen LogP contribution in [-0.2, 0) is 0 Å². The predicted octanol–water partition coefficient (Wildman–Crippen LogP) is 0.883. The molecular weight excluding hydrogens is 246 g/mol. The van der Waals surface area contributed by atoms with E-state index in [2.05, 4.69) is 32.0 Å². The fourth-order valence-electron chi connectivity index (χ4n) is 1.91. The lowest BCUT2D eigenvalue weighted by Crippen LogP contribution is -2.52. The number of hydrogen-bond acceptors (Lipinski definition) is 4. The Kier molecular flexibility index (Phi) is 4.69. The number of nitrogens with zero attached hydrogens (tertiary/aromatic N) is 4. The highest BCUT2D eigenvalue weighted by Crippen LogP contribution is 2.09. The Balaban J connectivity index is 1.83. The van der Waals surface area contributed by atoms with E-state index < -0.39 is 0 Å². The molecule has 1 aromatic heterocycles. The molecule has 1 aliphatic heterocycles. The molecule has 0 amide bonds. The van der Waals surface area contributed by atoms with Gasteiger partial charge in [0, 0.05) is 45.1 Å². The second-order valence-corrected chi connectivity index (χ2v) is 4.64. The monoisotopic (exact) mass is 265 g/mol. The number of thiocarbonyl (C=S) groups is 1. The van der Waals surface area contributed by atoms with Crippen LogP contribution in [0.3, 0.4) is 0 Å². The van der Waals surface area contributed by atoms with Gasteiger partial charge in [0.2, 0.25) is 5.95 Å². The van der Waals surface area contributed by atoms with Crippen molar-refractivity contribution in [3.05, 3.63) is 18.5 Å². The zero-order chi connectivity index (χ0) is 12.8. The Morgan fingerprint density at radius 3 is 2.56 bits per heavy atom. The Morgan fingerprint density at radius 2 is 1.94 bits per heavy atom. The van der Waals surface area contributed by atoms with Gasteiger partial charge in [-0.25, -0.2) is 9.97 Å². The number of piperazine rings is 1. The van der Waals surface area contributed by atoms with Crippen LogP contribution in [0.1, 0.15) is 13.3 Å². The van der Waals surface area contributed by atoms with Crippen molar-refractivity contribution in [2.75, 3.05) is 37.6 Å². The van der Waals surface area contributed by atoms with Gasteiger partial charge in [-0.15, -0.1) is 0 Å². The lowest BCUT2D eigenvalue weighted by molar-refractivity contribution is 0.377. The van der Waals surface area contributed by atoms with Gasteiger partial charge in [0.25, 0.3) is 0 Å². The van der Waals surface area contributed by atoms with Gasteiger partial charge in [0.05, 0.1) is 0 Å². The van der Waals surface area contributed by atoms with E-state index in [1.54, 1.807) is 12.4 Å². The summed E-state index contributed by atoms with van der Waals surface area (Å²) >= 11 is 5.36. The van der Waals surface area contributed by atoms with Crippen LogP contribution in [0.5, 0.6) is 0 Å². The van der Waals surface area contributed by atoms with Crippen LogP contribution < -0.4 is 10.2 Å². The van der Waals surface area contributed by atoms with Gasteiger partial charge in [-0.2, -0.15) is 0 Å². The third-order valence-electron chi connectivity index (χ3n) is 2.93. The second kappa shape index (κ2) is 6.49. The number of hydrogen-bond donors (Lipinski definition) is 1. The molecule has 0 bridgehead atoms. The molecule has 0 aromatic carbocycles. The summed E-state index contributed by atoms with van der Waals surface area (Å²) in [6.07, 6.45) is 4.66. The van der Waals surface area contributed by atoms with Gasteiger partial charge in [-0.3, -0.25) is 0 Å². The van der Waals surface area contributed by atoms with Crippen LogP contribution in [0.4, 0.5) is 5.95 Å². The molecule has 0 aliphatic carbocycles. The summed E-state index contributed by atoms with van der Waals surface area (Å²) in [5.74, 6) is 0.810. The van der Waals surface area contributed by atoms with Crippen LogP contribution in [0.25, 0.3) is 0 Å². The standard InChI is InChI=1S/C12H19N5S/c1-2-4-15-12(18)17-9-7-16(8-10-17)11-13-5-3-6-14-11/h3,5-6H,2,4,7-10H2,1H3,(H,15,18). The highest BCUT2D eigenvalue weighted by atomic mass is 32.1. The average Bonchev–Trinajstić information content (AvgIpc) is 2.46. The van der Waals surface area contributed by atoms with Crippen molar-refractivity contribution in [3.8, 4) is 0 Å². The molecule has 1 aromatic rings. The minimum Gasteiger partial charge on any atom is -0.363 e. The fourth-order valence-corrected chi connectivity index (χ4v) is 2.19. The first-order valence-electron chi connectivity index (χ1n) is 6.36. The maximum absolute atomic E-state index is 5.36. The number of nitrogens with one attached hydrogen (secondary N) is 1. The summed E-state index contributed by atoms with van der Waals surface area (Å²) in [5.41, 5.74) is 0. The van der Waals surface area contributed by atoms with E-state index in [4.69, 9.17) is 12.2 Å². The van der Waals surface area contributed by atoms with Gasteiger partial charge < -0.3 is 15.1 Å². The molecule has 5 nitrogen and oxygen atoms in total. The molecule has 0 spiro atoms. The Labute approximate surface area is 113 Å². The van der Waals surface area contributed by atoms with Crippen molar-refractivity contribution in [3.63, 3.8) is 0 Å². The van der Waals surface area contributed by atoms with Crippen molar-refractivity contribution in [1.29, 1.82) is 0 Å². The molecule has 2 rings (SSSR count). The first kappa shape index (κ1) is 13.0. The van der Waals surface area contributed by atoms with Crippen molar-refractivity contribution in [2.45, 2.75) is 13.3 Å². The number of rotatable bonds is 3. The van der Waals surface area contributed by atoms with E-state index in [-0.39, 0.29) is 0 Å². The zero-order valence-corrected chi connectivity index (χ0v) is 11.5. The molecule has 18 heavy (non-hydrogen) atoms. The molecule has 0 unspecified atom stereocenters. The summed E-state index contributed by atoms with van der Waals surface area (Å²) in [6, 6.07) is 1.84. The maximum atomic E-state index is 5.36. The van der Waals surface area contributed by atoms with Gasteiger partial charge in [-0.1, -0.05) is 6.92 Å². The predicted molar refractivity (Wildman–Crippen MR) is 76.7 cm³/mol. The summed E-state index contributed by atoms with van der Waals surface area (Å²) in [6.45, 7) is 6.76. The zero-order valence-electron chi connectivity index (χ0n) is 10.7. The molecule has 1 aliphatic rings. The molecule has 1 saturated heterocycles. The largest absolute Gasteiger partial charge is 0.363 e. The molecule has 1 N–H and O–H groups in total. The normalized spacial score (nSPS) is 15.6. The highest BCUT2D eigenvalue weighted by Gasteiger charge is 2.19. The topological polar surface area (TPSA) is 44.3 Å². The summed E-state index contributed by atoms with van der Waals surface area (Å²) in [4.78, 5) is 12.9. The maximum Gasteiger partial charge on any atom is 0.225 e.